The summed E-state index contributed by atoms with van der Waals surface area (Å²) in [6.45, 7) is 4.83. The normalized spacial score (nSPS) is 14.2. The summed E-state index contributed by atoms with van der Waals surface area (Å²) in [6, 6.07) is 2.10. The Morgan fingerprint density at radius 3 is 2.88 bits per heavy atom. The summed E-state index contributed by atoms with van der Waals surface area (Å²) in [5.74, 6) is 0. The molecule has 1 aromatic rings. The molecule has 0 atom stereocenters. The predicted molar refractivity (Wildman–Crippen MR) is 73.0 cm³/mol. The molecule has 3 heteroatoms. The summed E-state index contributed by atoms with van der Waals surface area (Å²) < 4.78 is 5.28. The number of hydrogen-bond acceptors (Lipinski definition) is 2. The van der Waals surface area contributed by atoms with Crippen molar-refractivity contribution in [2.45, 2.75) is 26.9 Å². The third-order valence-electron chi connectivity index (χ3n) is 2.85. The molecule has 0 bridgehead atoms. The van der Waals surface area contributed by atoms with E-state index in [4.69, 9.17) is 4.43 Å². The summed E-state index contributed by atoms with van der Waals surface area (Å²) in [5, 5.41) is 0. The molecule has 1 radical (unpaired) electrons. The van der Waals surface area contributed by atoms with Crippen molar-refractivity contribution in [3.05, 3.63) is 46.8 Å². The molecule has 0 N–H and O–H groups in total. The lowest BCUT2D eigenvalue weighted by Crippen LogP contribution is -1.98. The minimum Gasteiger partial charge on any atom is -0.543 e. The standard InChI is InChI=1S/C14H16NOSi/c1-10-4-5-12(6-10)14-8-15-13(7-11(14)2)9-16-17-3/h5-8H,3-4,9H2,1-2H3. The zero-order valence-corrected chi connectivity index (χ0v) is 11.3. The Balaban J connectivity index is 2.23. The van der Waals surface area contributed by atoms with E-state index in [-0.39, 0.29) is 9.38 Å². The van der Waals surface area contributed by atoms with Crippen LogP contribution < -0.4 is 0 Å². The highest BCUT2D eigenvalue weighted by atomic mass is 28.2. The van der Waals surface area contributed by atoms with E-state index in [2.05, 4.69) is 43.2 Å². The number of aryl methyl sites for hydroxylation is 1. The number of hydrogen-bond donors (Lipinski definition) is 0. The van der Waals surface area contributed by atoms with Crippen molar-refractivity contribution in [3.8, 4) is 0 Å². The molecule has 2 nitrogen and oxygen atoms in total. The highest BCUT2D eigenvalue weighted by molar-refractivity contribution is 6.33. The van der Waals surface area contributed by atoms with Gasteiger partial charge in [0.05, 0.1) is 5.69 Å². The van der Waals surface area contributed by atoms with Crippen molar-refractivity contribution >= 4 is 21.1 Å². The van der Waals surface area contributed by atoms with Gasteiger partial charge in [0.25, 0.3) is 9.38 Å². The highest BCUT2D eigenvalue weighted by Gasteiger charge is 2.09. The quantitative estimate of drug-likeness (QED) is 0.757. The van der Waals surface area contributed by atoms with Gasteiger partial charge in [-0.15, -0.1) is 0 Å². The number of rotatable bonds is 4. The van der Waals surface area contributed by atoms with E-state index in [1.54, 1.807) is 0 Å². The first kappa shape index (κ1) is 12.0. The van der Waals surface area contributed by atoms with Crippen LogP contribution in [0.25, 0.3) is 5.57 Å². The topological polar surface area (TPSA) is 22.1 Å². The van der Waals surface area contributed by atoms with Crippen LogP contribution in [0.15, 0.2) is 30.0 Å². The Hall–Kier alpha value is -1.48. The van der Waals surface area contributed by atoms with Crippen LogP contribution in [0.1, 0.15) is 30.2 Å². The lowest BCUT2D eigenvalue weighted by molar-refractivity contribution is 0.330. The maximum Gasteiger partial charge on any atom is 0.273 e. The van der Waals surface area contributed by atoms with Gasteiger partial charge in [-0.25, -0.2) is 0 Å². The monoisotopic (exact) mass is 242 g/mol. The van der Waals surface area contributed by atoms with Crippen LogP contribution in [0.4, 0.5) is 0 Å². The van der Waals surface area contributed by atoms with E-state index >= 15 is 0 Å². The zero-order chi connectivity index (χ0) is 12.3. The Bertz CT molecular complexity index is 503. The molecule has 1 aliphatic rings. The first-order chi connectivity index (χ1) is 8.20. The van der Waals surface area contributed by atoms with Gasteiger partial charge < -0.3 is 4.43 Å². The van der Waals surface area contributed by atoms with Crippen LogP contribution >= 0.6 is 0 Å². The molecule has 1 aliphatic carbocycles. The van der Waals surface area contributed by atoms with E-state index in [9.17, 15) is 0 Å². The minimum atomic E-state index is 0.269. The molecule has 17 heavy (non-hydrogen) atoms. The SMILES string of the molecule is C=[Si]OCc1cc(C)c(C2=CCC(C)=C2)cn1. The van der Waals surface area contributed by atoms with E-state index in [0.717, 1.165) is 12.1 Å². The molecule has 0 aliphatic heterocycles. The molecule has 87 valence electrons. The predicted octanol–water partition coefficient (Wildman–Crippen LogP) is 2.69. The second-order valence-corrected chi connectivity index (χ2v) is 4.86. The minimum absolute atomic E-state index is 0.269. The van der Waals surface area contributed by atoms with Gasteiger partial charge in [0.2, 0.25) is 0 Å². The van der Waals surface area contributed by atoms with Gasteiger partial charge in [0.1, 0.15) is 6.61 Å². The van der Waals surface area contributed by atoms with Crippen LogP contribution in [0.3, 0.4) is 0 Å². The summed E-state index contributed by atoms with van der Waals surface area (Å²) in [7, 11) is 0.269. The van der Waals surface area contributed by atoms with Crippen molar-refractivity contribution in [2.24, 2.45) is 0 Å². The summed E-state index contributed by atoms with van der Waals surface area (Å²) in [4.78, 5) is 4.43. The van der Waals surface area contributed by atoms with Crippen molar-refractivity contribution in [1.29, 1.82) is 0 Å². The molecular weight excluding hydrogens is 226 g/mol. The maximum atomic E-state index is 5.28. The van der Waals surface area contributed by atoms with Gasteiger partial charge in [-0.2, -0.15) is 0 Å². The third-order valence-corrected chi connectivity index (χ3v) is 3.19. The Morgan fingerprint density at radius 1 is 1.47 bits per heavy atom. The van der Waals surface area contributed by atoms with Crippen LogP contribution in [-0.4, -0.2) is 20.5 Å². The molecule has 1 aromatic heterocycles. The number of pyridine rings is 1. The summed E-state index contributed by atoms with van der Waals surface area (Å²) in [5.41, 5.74) is 6.15. The van der Waals surface area contributed by atoms with E-state index in [1.165, 1.54) is 22.3 Å². The van der Waals surface area contributed by atoms with Crippen LogP contribution in [0, 0.1) is 6.92 Å². The fourth-order valence-electron chi connectivity index (χ4n) is 1.96. The lowest BCUT2D eigenvalue weighted by atomic mass is 10.0. The Labute approximate surface area is 105 Å². The number of allylic oxidation sites excluding steroid dienone is 4. The lowest BCUT2D eigenvalue weighted by Gasteiger charge is -2.07. The molecule has 0 fully saturated rings. The smallest absolute Gasteiger partial charge is 0.273 e. The largest absolute Gasteiger partial charge is 0.543 e. The molecular formula is C14H16NOSi. The van der Waals surface area contributed by atoms with Gasteiger partial charge >= 0.3 is 0 Å². The first-order valence-corrected chi connectivity index (χ1v) is 6.79. The molecule has 0 aromatic carbocycles. The maximum absolute atomic E-state index is 5.28. The second-order valence-electron chi connectivity index (χ2n) is 4.28. The van der Waals surface area contributed by atoms with E-state index < -0.39 is 0 Å². The van der Waals surface area contributed by atoms with E-state index in [0.29, 0.717) is 6.61 Å². The second kappa shape index (κ2) is 5.23. The van der Waals surface area contributed by atoms with Gasteiger partial charge in [-0.3, -0.25) is 4.98 Å². The fourth-order valence-corrected chi connectivity index (χ4v) is 2.21. The van der Waals surface area contributed by atoms with Gasteiger partial charge in [0, 0.05) is 11.8 Å². The molecule has 0 spiro atoms. The number of aromatic nitrogens is 1. The Morgan fingerprint density at radius 2 is 2.29 bits per heavy atom. The molecule has 0 saturated heterocycles. The van der Waals surface area contributed by atoms with Crippen molar-refractivity contribution in [1.82, 2.24) is 4.98 Å². The van der Waals surface area contributed by atoms with Gasteiger partial charge in [-0.1, -0.05) is 23.9 Å². The first-order valence-electron chi connectivity index (χ1n) is 5.68. The van der Waals surface area contributed by atoms with Crippen molar-refractivity contribution in [3.63, 3.8) is 0 Å². The van der Waals surface area contributed by atoms with Crippen LogP contribution in [0.2, 0.25) is 0 Å². The molecule has 0 amide bonds. The molecule has 0 saturated carbocycles. The number of nitrogens with zero attached hydrogens (tertiary/aromatic N) is 1. The fraction of sp³-hybridized carbons (Fsp3) is 0.286. The zero-order valence-electron chi connectivity index (χ0n) is 10.3. The summed E-state index contributed by atoms with van der Waals surface area (Å²) in [6.07, 6.45) is 11.2. The van der Waals surface area contributed by atoms with Gasteiger partial charge in [0.15, 0.2) is 0 Å². The van der Waals surface area contributed by atoms with Crippen LogP contribution in [0.5, 0.6) is 0 Å². The van der Waals surface area contributed by atoms with E-state index in [1.807, 2.05) is 6.20 Å². The highest BCUT2D eigenvalue weighted by Crippen LogP contribution is 2.27. The van der Waals surface area contributed by atoms with Crippen LogP contribution in [-0.2, 0) is 11.0 Å². The van der Waals surface area contributed by atoms with Crippen molar-refractivity contribution < 1.29 is 4.43 Å². The van der Waals surface area contributed by atoms with Gasteiger partial charge in [-0.05, 0) is 37.5 Å². The average molecular weight is 242 g/mol. The molecule has 2 rings (SSSR count). The third kappa shape index (κ3) is 2.80. The Kier molecular flexibility index (Phi) is 3.69. The molecule has 1 heterocycles. The van der Waals surface area contributed by atoms with Crippen molar-refractivity contribution in [2.75, 3.05) is 0 Å². The molecule has 0 unspecified atom stereocenters. The average Bonchev–Trinajstić information content (AvgIpc) is 2.73. The summed E-state index contributed by atoms with van der Waals surface area (Å²) >= 11 is 0.